The number of benzene rings is 1. The molecule has 366 valence electrons. The van der Waals surface area contributed by atoms with Crippen LogP contribution < -0.4 is 10.7 Å². The first-order valence-corrected chi connectivity index (χ1v) is 23.7. The molecule has 4 heterocycles. The van der Waals surface area contributed by atoms with E-state index < -0.39 is 40.8 Å². The highest BCUT2D eigenvalue weighted by atomic mass is 16.5. The molecule has 16 heteroatoms. The van der Waals surface area contributed by atoms with Crippen LogP contribution >= 0.6 is 0 Å². The molecular weight excluding hydrogens is 853 g/mol. The number of nitrogens with zero attached hydrogens (tertiary/aromatic N) is 6. The number of aliphatic imine (C=N–C) groups is 1. The van der Waals surface area contributed by atoms with Gasteiger partial charge in [0.25, 0.3) is 5.91 Å². The molecule has 3 aliphatic heterocycles. The lowest BCUT2D eigenvalue weighted by Crippen LogP contribution is -2.66. The van der Waals surface area contributed by atoms with Crippen molar-refractivity contribution in [2.45, 2.75) is 124 Å². The topological polar surface area (TPSA) is 175 Å². The van der Waals surface area contributed by atoms with Gasteiger partial charge in [0.05, 0.1) is 36.6 Å². The molecule has 5 amide bonds. The zero-order valence-corrected chi connectivity index (χ0v) is 41.5. The van der Waals surface area contributed by atoms with Crippen molar-refractivity contribution in [2.24, 2.45) is 22.2 Å². The molecule has 67 heavy (non-hydrogen) atoms. The summed E-state index contributed by atoms with van der Waals surface area (Å²) < 4.78 is 14.6. The van der Waals surface area contributed by atoms with Crippen molar-refractivity contribution in [2.75, 3.05) is 54.1 Å². The Morgan fingerprint density at radius 3 is 2.46 bits per heavy atom. The van der Waals surface area contributed by atoms with Crippen LogP contribution in [-0.2, 0) is 57.8 Å². The third-order valence-corrected chi connectivity index (χ3v) is 13.4. The second kappa shape index (κ2) is 22.6. The van der Waals surface area contributed by atoms with Gasteiger partial charge in [-0.2, -0.15) is 0 Å². The summed E-state index contributed by atoms with van der Waals surface area (Å²) in [6, 6.07) is 4.10. The van der Waals surface area contributed by atoms with Crippen LogP contribution in [0.1, 0.15) is 97.4 Å². The third-order valence-electron chi connectivity index (χ3n) is 13.4. The molecule has 5 rings (SSSR count). The Kier molecular flexibility index (Phi) is 17.7. The highest BCUT2D eigenvalue weighted by Gasteiger charge is 2.42. The van der Waals surface area contributed by atoms with E-state index in [1.54, 1.807) is 37.2 Å². The lowest BCUT2D eigenvalue weighted by atomic mass is 9.84. The van der Waals surface area contributed by atoms with E-state index in [9.17, 15) is 28.8 Å². The number of carbonyl (C=O) groups excluding carboxylic acids is 6. The Morgan fingerprint density at radius 2 is 1.84 bits per heavy atom. The Hall–Kier alpha value is -5.45. The summed E-state index contributed by atoms with van der Waals surface area (Å²) >= 11 is 0. The monoisotopic (exact) mass is 927 g/mol. The van der Waals surface area contributed by atoms with Crippen molar-refractivity contribution in [1.82, 2.24) is 35.0 Å². The first kappa shape index (κ1) is 52.5. The quantitative estimate of drug-likeness (QED) is 0.120. The van der Waals surface area contributed by atoms with E-state index in [0.717, 1.165) is 45.3 Å². The second-order valence-corrected chi connectivity index (χ2v) is 19.5. The Morgan fingerprint density at radius 1 is 1.10 bits per heavy atom. The summed E-state index contributed by atoms with van der Waals surface area (Å²) in [4.78, 5) is 91.6. The molecule has 0 saturated carbocycles. The largest absolute Gasteiger partial charge is 0.378 e. The number of hydrogen-bond acceptors (Lipinski definition) is 10. The molecule has 2 aromatic rings. The molecule has 0 aliphatic carbocycles. The van der Waals surface area contributed by atoms with Gasteiger partial charge in [-0.3, -0.25) is 34.0 Å². The Balaban J connectivity index is 1.54. The minimum Gasteiger partial charge on any atom is -0.378 e. The normalized spacial score (nSPS) is 23.4. The number of amides is 5. The van der Waals surface area contributed by atoms with Gasteiger partial charge < -0.3 is 38.9 Å². The highest BCUT2D eigenvalue weighted by Crippen LogP contribution is 2.39. The number of nitrogens with one attached hydrogen (secondary N) is 2. The summed E-state index contributed by atoms with van der Waals surface area (Å²) in [7, 11) is 4.95. The minimum atomic E-state index is -1.24. The van der Waals surface area contributed by atoms with Crippen molar-refractivity contribution in [3.05, 3.63) is 66.0 Å². The predicted molar refractivity (Wildman–Crippen MR) is 260 cm³/mol. The van der Waals surface area contributed by atoms with Crippen molar-refractivity contribution in [3.8, 4) is 0 Å². The molecule has 16 nitrogen and oxygen atoms in total. The number of carbonyl (C=O) groups is 6. The fraction of sp³-hybridized carbons (Fsp3) is 0.588. The SMILES string of the molecule is C=CC(=O)N1CC[C@H](C(=O)N(C)[C@H](C(=O)N[C@H]2CCC(=O)N(C)Cc3ccc4c(c3)c(c(/C(C=C)=C(/N=CC)[C@H](C)OC)n4CC)CC(C)(C)COC[C@@]3(C=O)CCCN(N3)C2=O)C(C)C)C1. The summed E-state index contributed by atoms with van der Waals surface area (Å²) in [5, 5.41) is 5.31. The van der Waals surface area contributed by atoms with Crippen molar-refractivity contribution in [3.63, 3.8) is 0 Å². The zero-order valence-electron chi connectivity index (χ0n) is 41.5. The van der Waals surface area contributed by atoms with Gasteiger partial charge in [-0.15, -0.1) is 0 Å². The minimum absolute atomic E-state index is 0.0183. The van der Waals surface area contributed by atoms with Crippen LogP contribution in [0.3, 0.4) is 0 Å². The molecule has 5 atom stereocenters. The number of fused-ring (bicyclic) bond motifs is 3. The fourth-order valence-electron chi connectivity index (χ4n) is 9.88. The number of aromatic nitrogens is 1. The molecule has 1 aromatic heterocycles. The van der Waals surface area contributed by atoms with Crippen LogP contribution in [0.2, 0.25) is 0 Å². The van der Waals surface area contributed by atoms with Gasteiger partial charge in [-0.25, -0.2) is 5.43 Å². The number of methoxy groups -OCH3 is 1. The molecule has 0 radical (unpaired) electrons. The predicted octanol–water partition coefficient (Wildman–Crippen LogP) is 5.09. The summed E-state index contributed by atoms with van der Waals surface area (Å²) in [6.45, 7) is 23.7. The van der Waals surface area contributed by atoms with Crippen LogP contribution in [0, 0.1) is 17.3 Å². The molecule has 0 spiro atoms. The van der Waals surface area contributed by atoms with Gasteiger partial charge >= 0.3 is 0 Å². The highest BCUT2D eigenvalue weighted by molar-refractivity contribution is 5.95. The Labute approximate surface area is 396 Å². The number of likely N-dealkylation sites (tertiary alicyclic amines) is 1. The average Bonchev–Trinajstić information content (AvgIpc) is 3.91. The van der Waals surface area contributed by atoms with E-state index in [2.05, 4.69) is 61.4 Å². The molecule has 1 aromatic carbocycles. The molecule has 0 unspecified atom stereocenters. The van der Waals surface area contributed by atoms with E-state index in [1.165, 1.54) is 16.0 Å². The number of rotatable bonds is 13. The van der Waals surface area contributed by atoms with E-state index in [0.29, 0.717) is 38.8 Å². The number of ether oxygens (including phenoxy) is 2. The maximum atomic E-state index is 14.6. The second-order valence-electron chi connectivity index (χ2n) is 19.5. The lowest BCUT2D eigenvalue weighted by molar-refractivity contribution is -0.149. The van der Waals surface area contributed by atoms with Gasteiger partial charge in [-0.05, 0) is 93.5 Å². The van der Waals surface area contributed by atoms with Gasteiger partial charge in [0.1, 0.15) is 23.9 Å². The maximum absolute atomic E-state index is 14.6. The van der Waals surface area contributed by atoms with Crippen molar-refractivity contribution >= 4 is 58.5 Å². The van der Waals surface area contributed by atoms with Gasteiger partial charge in [0.15, 0.2) is 0 Å². The molecular formula is C51H74N8O8. The van der Waals surface area contributed by atoms with E-state index >= 15 is 0 Å². The summed E-state index contributed by atoms with van der Waals surface area (Å²) in [5.74, 6) is -2.69. The first-order valence-electron chi connectivity index (χ1n) is 23.7. The third kappa shape index (κ3) is 11.8. The maximum Gasteiger partial charge on any atom is 0.259 e. The molecule has 3 aliphatic rings. The smallest absolute Gasteiger partial charge is 0.259 e. The lowest BCUT2D eigenvalue weighted by Gasteiger charge is -2.42. The van der Waals surface area contributed by atoms with E-state index in [1.807, 2.05) is 39.8 Å². The van der Waals surface area contributed by atoms with Gasteiger partial charge in [0, 0.05) is 83.0 Å². The van der Waals surface area contributed by atoms with Crippen LogP contribution in [0.15, 0.2) is 54.2 Å². The van der Waals surface area contributed by atoms with Gasteiger partial charge in [0.2, 0.25) is 23.6 Å². The number of hydrogen-bond donors (Lipinski definition) is 2. The van der Waals surface area contributed by atoms with Crippen molar-refractivity contribution < 1.29 is 38.2 Å². The van der Waals surface area contributed by atoms with Crippen LogP contribution in [-0.4, -0.2) is 144 Å². The van der Waals surface area contributed by atoms with E-state index in [-0.39, 0.29) is 75.4 Å². The first-order chi connectivity index (χ1) is 31.8. The molecule has 2 saturated heterocycles. The van der Waals surface area contributed by atoms with Gasteiger partial charge in [-0.1, -0.05) is 53.0 Å². The molecule has 2 N–H and O–H groups in total. The van der Waals surface area contributed by atoms with Crippen LogP contribution in [0.25, 0.3) is 16.5 Å². The average molecular weight is 927 g/mol. The summed E-state index contributed by atoms with van der Waals surface area (Å²) in [6.07, 6.45) is 7.06. The number of aldehydes is 1. The number of hydrazine groups is 1. The molecule has 4 bridgehead atoms. The Bertz CT molecular complexity index is 2260. The molecule has 2 fully saturated rings. The standard InChI is InChI=1S/C51H74N8O8/c1-13-37(44(52-15-3)34(7)66-12)46-39-27-50(8,9)31-67-32-51(30-60)23-17-24-59(54-51)49(65)40(19-21-43(62)55(10)28-35-18-20-41(38(39)26-35)58(46)16-4)53-47(63)45(33(5)6)56(11)48(64)36-22-25-57(29-36)42(61)14-2/h13-15,18,20,26,30,33-34,36,40,45,54H,1-2,16-17,19,21-25,27-29,31-32H2,3-12H3,(H,53,63)/b44-37+,52-15?/t34-,36-,40-,45-,51-/m0/s1. The van der Waals surface area contributed by atoms with Crippen LogP contribution in [0.5, 0.6) is 0 Å². The number of allylic oxidation sites excluding steroid dienone is 2. The van der Waals surface area contributed by atoms with Crippen LogP contribution in [0.4, 0.5) is 0 Å². The number of likely N-dealkylation sites (N-methyl/N-ethyl adjacent to an activating group) is 1. The zero-order chi connectivity index (χ0) is 49.4. The van der Waals surface area contributed by atoms with Crippen molar-refractivity contribution in [1.29, 1.82) is 0 Å². The van der Waals surface area contributed by atoms with E-state index in [4.69, 9.17) is 14.5 Å². The fourth-order valence-corrected chi connectivity index (χ4v) is 9.88. The summed E-state index contributed by atoms with van der Waals surface area (Å²) in [5.41, 5.74) is 7.02. The number of aryl methyl sites for hydroxylation is 1.